The number of rotatable bonds is 8. The van der Waals surface area contributed by atoms with E-state index in [0.717, 1.165) is 33.2 Å². The fourth-order valence-electron chi connectivity index (χ4n) is 3.27. The second-order valence-corrected chi connectivity index (χ2v) is 7.47. The summed E-state index contributed by atoms with van der Waals surface area (Å²) in [6.45, 7) is 4.05. The normalized spacial score (nSPS) is 10.7. The number of carbonyl (C=O) groups excluding carboxylic acids is 2. The van der Waals surface area contributed by atoms with E-state index in [1.807, 2.05) is 38.1 Å². The summed E-state index contributed by atoms with van der Waals surface area (Å²) in [5.74, 6) is 0.428. The largest absolute Gasteiger partial charge is 0.493 e. The first kappa shape index (κ1) is 22.2. The molecular weight excluding hydrogens is 398 g/mol. The Bertz CT molecular complexity index is 1100. The van der Waals surface area contributed by atoms with Crippen molar-refractivity contribution in [2.24, 2.45) is 0 Å². The number of hydrogen-bond acceptors (Lipinski definition) is 6. The van der Waals surface area contributed by atoms with Crippen LogP contribution in [-0.4, -0.2) is 44.7 Å². The second-order valence-electron chi connectivity index (χ2n) is 7.47. The summed E-state index contributed by atoms with van der Waals surface area (Å²) < 4.78 is 21.3. The Morgan fingerprint density at radius 3 is 2.42 bits per heavy atom. The predicted octanol–water partition coefficient (Wildman–Crippen LogP) is 3.81. The molecule has 1 heterocycles. The van der Waals surface area contributed by atoms with Gasteiger partial charge in [-0.25, -0.2) is 0 Å². The van der Waals surface area contributed by atoms with Crippen molar-refractivity contribution in [3.05, 3.63) is 58.8 Å². The van der Waals surface area contributed by atoms with E-state index < -0.39 is 5.97 Å². The highest BCUT2D eigenvalue weighted by Crippen LogP contribution is 2.28. The van der Waals surface area contributed by atoms with E-state index in [1.165, 1.54) is 4.90 Å². The van der Waals surface area contributed by atoms with Crippen LogP contribution in [0.25, 0.3) is 11.0 Å². The number of amides is 1. The van der Waals surface area contributed by atoms with Crippen molar-refractivity contribution in [1.82, 2.24) is 4.90 Å². The van der Waals surface area contributed by atoms with Crippen molar-refractivity contribution >= 4 is 22.8 Å². The van der Waals surface area contributed by atoms with Gasteiger partial charge >= 0.3 is 5.97 Å². The quantitative estimate of drug-likeness (QED) is 0.511. The van der Waals surface area contributed by atoms with Crippen LogP contribution in [0.3, 0.4) is 0 Å². The summed E-state index contributed by atoms with van der Waals surface area (Å²) in [4.78, 5) is 26.2. The van der Waals surface area contributed by atoms with Gasteiger partial charge < -0.3 is 23.5 Å². The molecule has 0 N–H and O–H groups in total. The molecule has 3 rings (SSSR count). The van der Waals surface area contributed by atoms with Crippen LogP contribution in [0.15, 0.2) is 41.0 Å². The maximum absolute atomic E-state index is 12.4. The summed E-state index contributed by atoms with van der Waals surface area (Å²) in [5.41, 5.74) is 4.59. The van der Waals surface area contributed by atoms with Crippen LogP contribution in [0, 0.1) is 13.8 Å². The molecule has 0 aliphatic rings. The molecule has 7 heteroatoms. The first-order chi connectivity index (χ1) is 14.8. The minimum atomic E-state index is -0.478. The zero-order chi connectivity index (χ0) is 22.5. The molecule has 1 amide bonds. The summed E-state index contributed by atoms with van der Waals surface area (Å²) in [6.07, 6.45) is 1.61. The lowest BCUT2D eigenvalue weighted by Gasteiger charge is -2.18. The number of ether oxygens (including phenoxy) is 3. The molecule has 0 bridgehead atoms. The molecule has 0 saturated carbocycles. The molecule has 0 spiro atoms. The van der Waals surface area contributed by atoms with E-state index in [4.69, 9.17) is 18.6 Å². The molecular formula is C24H27NO6. The number of methoxy groups -OCH3 is 2. The monoisotopic (exact) mass is 425 g/mol. The third-order valence-electron chi connectivity index (χ3n) is 5.25. The van der Waals surface area contributed by atoms with Gasteiger partial charge in [0.2, 0.25) is 0 Å². The van der Waals surface area contributed by atoms with Gasteiger partial charge in [-0.1, -0.05) is 6.07 Å². The van der Waals surface area contributed by atoms with E-state index in [2.05, 4.69) is 0 Å². The Balaban J connectivity index is 1.55. The number of carbonyl (C=O) groups is 2. The van der Waals surface area contributed by atoms with E-state index in [0.29, 0.717) is 18.0 Å². The van der Waals surface area contributed by atoms with Crippen LogP contribution in [0.2, 0.25) is 0 Å². The lowest BCUT2D eigenvalue weighted by atomic mass is 10.0. The Kier molecular flexibility index (Phi) is 6.84. The van der Waals surface area contributed by atoms with Gasteiger partial charge in [-0.3, -0.25) is 9.59 Å². The molecule has 0 aliphatic carbocycles. The molecule has 0 atom stereocenters. The number of likely N-dealkylation sites (N-methyl/N-ethyl adjacent to an activating group) is 1. The van der Waals surface area contributed by atoms with Gasteiger partial charge in [0, 0.05) is 24.5 Å². The number of esters is 1. The van der Waals surface area contributed by atoms with Gasteiger partial charge in [-0.05, 0) is 54.8 Å². The van der Waals surface area contributed by atoms with Gasteiger partial charge in [0.15, 0.2) is 18.1 Å². The van der Waals surface area contributed by atoms with E-state index in [1.54, 1.807) is 33.6 Å². The zero-order valence-corrected chi connectivity index (χ0v) is 18.5. The maximum atomic E-state index is 12.4. The third-order valence-corrected chi connectivity index (χ3v) is 5.25. The summed E-state index contributed by atoms with van der Waals surface area (Å²) in [5, 5.41) is 0.886. The van der Waals surface area contributed by atoms with Crippen molar-refractivity contribution in [2.45, 2.75) is 26.8 Å². The van der Waals surface area contributed by atoms with Crippen LogP contribution in [0.1, 0.15) is 22.3 Å². The molecule has 31 heavy (non-hydrogen) atoms. The van der Waals surface area contributed by atoms with E-state index in [9.17, 15) is 9.59 Å². The summed E-state index contributed by atoms with van der Waals surface area (Å²) in [7, 11) is 4.78. The molecule has 0 aliphatic heterocycles. The Morgan fingerprint density at radius 2 is 1.71 bits per heavy atom. The van der Waals surface area contributed by atoms with Gasteiger partial charge in [0.25, 0.3) is 5.91 Å². The smallest absolute Gasteiger partial charge is 0.310 e. The minimum Gasteiger partial charge on any atom is -0.493 e. The molecule has 2 aromatic carbocycles. The van der Waals surface area contributed by atoms with Crippen LogP contribution < -0.4 is 9.47 Å². The number of nitrogens with zero attached hydrogens (tertiary/aromatic N) is 1. The van der Waals surface area contributed by atoms with Crippen molar-refractivity contribution in [3.63, 3.8) is 0 Å². The lowest BCUT2D eigenvalue weighted by molar-refractivity contribution is -0.151. The van der Waals surface area contributed by atoms with Gasteiger partial charge in [0.05, 0.1) is 26.9 Å². The SMILES string of the molecule is COc1ccc(CN(C)C(=O)COC(=O)Cc2coc3cc(C)c(C)cc23)cc1OC. The first-order valence-corrected chi connectivity index (χ1v) is 9.90. The van der Waals surface area contributed by atoms with E-state index >= 15 is 0 Å². The standard InChI is InChI=1S/C24H27NO6/c1-15-8-19-18(13-30-21(19)9-16(15)2)11-24(27)31-14-23(26)25(3)12-17-6-7-20(28-4)22(10-17)29-5/h6-10,13H,11-12,14H2,1-5H3. The molecule has 1 aromatic heterocycles. The Hall–Kier alpha value is -3.48. The van der Waals surface area contributed by atoms with Crippen molar-refractivity contribution in [1.29, 1.82) is 0 Å². The maximum Gasteiger partial charge on any atom is 0.310 e. The average molecular weight is 425 g/mol. The Morgan fingerprint density at radius 1 is 1.00 bits per heavy atom. The zero-order valence-electron chi connectivity index (χ0n) is 18.5. The first-order valence-electron chi connectivity index (χ1n) is 9.90. The fourth-order valence-corrected chi connectivity index (χ4v) is 3.27. The number of aryl methyl sites for hydroxylation is 2. The molecule has 3 aromatic rings. The molecule has 0 radical (unpaired) electrons. The van der Waals surface area contributed by atoms with Crippen molar-refractivity contribution in [3.8, 4) is 11.5 Å². The average Bonchev–Trinajstić information content (AvgIpc) is 3.13. The summed E-state index contributed by atoms with van der Waals surface area (Å²) in [6, 6.07) is 9.39. The van der Waals surface area contributed by atoms with Crippen molar-refractivity contribution < 1.29 is 28.2 Å². The molecule has 0 fully saturated rings. The van der Waals surface area contributed by atoms with Crippen LogP contribution in [0.4, 0.5) is 0 Å². The fraction of sp³-hybridized carbons (Fsp3) is 0.333. The topological polar surface area (TPSA) is 78.2 Å². The number of furan rings is 1. The van der Waals surface area contributed by atoms with Crippen LogP contribution in [-0.2, 0) is 27.3 Å². The molecule has 164 valence electrons. The van der Waals surface area contributed by atoms with Crippen LogP contribution >= 0.6 is 0 Å². The van der Waals surface area contributed by atoms with Gasteiger partial charge in [-0.15, -0.1) is 0 Å². The van der Waals surface area contributed by atoms with Gasteiger partial charge in [0.1, 0.15) is 5.58 Å². The highest BCUT2D eigenvalue weighted by atomic mass is 16.5. The molecule has 0 saturated heterocycles. The van der Waals surface area contributed by atoms with Crippen molar-refractivity contribution in [2.75, 3.05) is 27.9 Å². The minimum absolute atomic E-state index is 0.0438. The highest BCUT2D eigenvalue weighted by molar-refractivity contribution is 5.87. The predicted molar refractivity (Wildman–Crippen MR) is 116 cm³/mol. The molecule has 7 nitrogen and oxygen atoms in total. The Labute approximate surface area is 181 Å². The number of hydrogen-bond donors (Lipinski definition) is 0. The molecule has 0 unspecified atom stereocenters. The van der Waals surface area contributed by atoms with E-state index in [-0.39, 0.29) is 18.9 Å². The van der Waals surface area contributed by atoms with Crippen LogP contribution in [0.5, 0.6) is 11.5 Å². The third kappa shape index (κ3) is 5.17. The number of fused-ring (bicyclic) bond motifs is 1. The lowest BCUT2D eigenvalue weighted by Crippen LogP contribution is -2.31. The highest BCUT2D eigenvalue weighted by Gasteiger charge is 2.16. The number of benzene rings is 2. The second kappa shape index (κ2) is 9.55. The summed E-state index contributed by atoms with van der Waals surface area (Å²) >= 11 is 0. The van der Waals surface area contributed by atoms with Gasteiger partial charge in [-0.2, -0.15) is 0 Å².